The number of ether oxygens (including phenoxy) is 1. The lowest BCUT2D eigenvalue weighted by Gasteiger charge is -2.23. The molecule has 5 rings (SSSR count). The third-order valence-corrected chi connectivity index (χ3v) is 7.58. The predicted molar refractivity (Wildman–Crippen MR) is 144 cm³/mol. The zero-order valence-corrected chi connectivity index (χ0v) is 21.3. The van der Waals surface area contributed by atoms with Gasteiger partial charge in [0, 0.05) is 37.5 Å². The Morgan fingerprint density at radius 1 is 1.16 bits per heavy atom. The van der Waals surface area contributed by atoms with Crippen LogP contribution in [0.1, 0.15) is 26.4 Å². The summed E-state index contributed by atoms with van der Waals surface area (Å²) < 4.78 is 7.77. The molecule has 1 saturated heterocycles. The Morgan fingerprint density at radius 2 is 1.97 bits per heavy atom. The first-order valence-electron chi connectivity index (χ1n) is 11.8. The number of ketones is 1. The van der Waals surface area contributed by atoms with Crippen molar-refractivity contribution < 1.29 is 19.1 Å². The number of aromatic amines is 1. The second-order valence-electron chi connectivity index (χ2n) is 8.99. The van der Waals surface area contributed by atoms with Crippen molar-refractivity contribution in [2.45, 2.75) is 12.6 Å². The van der Waals surface area contributed by atoms with Crippen LogP contribution in [0, 0.1) is 5.92 Å². The van der Waals surface area contributed by atoms with Crippen LogP contribution < -0.4 is 9.04 Å². The van der Waals surface area contributed by atoms with E-state index in [1.165, 1.54) is 16.8 Å². The fourth-order valence-corrected chi connectivity index (χ4v) is 5.75. The number of fused-ring (bicyclic) bond motifs is 1. The number of carbonyl (C=O) groups excluding carboxylic acids is 3. The summed E-state index contributed by atoms with van der Waals surface area (Å²) in [7, 11) is 3.28. The Labute approximate surface area is 218 Å². The maximum absolute atomic E-state index is 14.0. The van der Waals surface area contributed by atoms with Gasteiger partial charge in [-0.05, 0) is 41.8 Å². The Balaban J connectivity index is 1.49. The third kappa shape index (κ3) is 4.82. The van der Waals surface area contributed by atoms with E-state index in [0.717, 1.165) is 17.5 Å². The van der Waals surface area contributed by atoms with Crippen molar-refractivity contribution in [3.8, 4) is 5.75 Å². The number of hydrogen-bond acceptors (Lipinski definition) is 7. The molecule has 9 heteroatoms. The van der Waals surface area contributed by atoms with Crippen LogP contribution in [0.25, 0.3) is 10.9 Å². The summed E-state index contributed by atoms with van der Waals surface area (Å²) in [5.74, 6) is -0.151. The lowest BCUT2D eigenvalue weighted by molar-refractivity contribution is -0.109. The van der Waals surface area contributed by atoms with Crippen LogP contribution in [0.4, 0.5) is 5.69 Å². The highest BCUT2D eigenvalue weighted by Gasteiger charge is 2.42. The molecule has 0 aliphatic carbocycles. The Morgan fingerprint density at radius 3 is 2.68 bits per heavy atom. The molecule has 2 unspecified atom stereocenters. The Kier molecular flexibility index (Phi) is 6.96. The van der Waals surface area contributed by atoms with Gasteiger partial charge in [-0.3, -0.25) is 14.6 Å². The number of carbonyl (C=O) groups is 3. The Hall–Kier alpha value is -4.11. The van der Waals surface area contributed by atoms with E-state index < -0.39 is 12.0 Å². The average Bonchev–Trinajstić information content (AvgIpc) is 3.53. The molecule has 37 heavy (non-hydrogen) atoms. The molecule has 1 fully saturated rings. The number of aldehydes is 1. The van der Waals surface area contributed by atoms with Gasteiger partial charge in [-0.25, -0.2) is 0 Å². The van der Waals surface area contributed by atoms with Crippen LogP contribution in [0.5, 0.6) is 5.75 Å². The van der Waals surface area contributed by atoms with E-state index in [2.05, 4.69) is 9.97 Å². The van der Waals surface area contributed by atoms with Crippen LogP contribution in [-0.2, 0) is 11.4 Å². The third-order valence-electron chi connectivity index (χ3n) is 6.34. The molecule has 8 nitrogen and oxygen atoms in total. The number of nitrogens with zero attached hydrogens (tertiary/aromatic N) is 3. The van der Waals surface area contributed by atoms with E-state index in [1.807, 2.05) is 40.7 Å². The first-order chi connectivity index (χ1) is 18.0. The second kappa shape index (κ2) is 10.5. The van der Waals surface area contributed by atoms with Crippen molar-refractivity contribution in [3.05, 3.63) is 89.9 Å². The highest BCUT2D eigenvalue weighted by Crippen LogP contribution is 2.39. The monoisotopic (exact) mass is 514 g/mol. The molecule has 3 heterocycles. The first kappa shape index (κ1) is 24.6. The molecule has 1 aliphatic heterocycles. The van der Waals surface area contributed by atoms with Crippen molar-refractivity contribution in [1.82, 2.24) is 14.9 Å². The van der Waals surface area contributed by atoms with Crippen molar-refractivity contribution in [3.63, 3.8) is 0 Å². The summed E-state index contributed by atoms with van der Waals surface area (Å²) in [4.78, 5) is 48.0. The van der Waals surface area contributed by atoms with Crippen LogP contribution in [0.3, 0.4) is 0 Å². The molecule has 0 spiro atoms. The quantitative estimate of drug-likeness (QED) is 0.212. The number of H-pyrrole nitrogens is 1. The van der Waals surface area contributed by atoms with Gasteiger partial charge in [-0.2, -0.15) is 0 Å². The summed E-state index contributed by atoms with van der Waals surface area (Å²) in [6, 6.07) is 18.2. The minimum Gasteiger partial charge on any atom is -0.489 e. The maximum atomic E-state index is 14.0. The largest absolute Gasteiger partial charge is 0.489 e. The Bertz CT molecular complexity index is 1440. The molecule has 2 atom stereocenters. The number of amides is 1. The smallest absolute Gasteiger partial charge is 0.270 e. The summed E-state index contributed by atoms with van der Waals surface area (Å²) in [5.41, 5.74) is 2.92. The van der Waals surface area contributed by atoms with E-state index in [4.69, 9.17) is 4.74 Å². The van der Waals surface area contributed by atoms with Crippen LogP contribution in [0.2, 0.25) is 0 Å². The highest BCUT2D eigenvalue weighted by molar-refractivity contribution is 8.01. The van der Waals surface area contributed by atoms with E-state index >= 15 is 0 Å². The lowest BCUT2D eigenvalue weighted by Crippen LogP contribution is -2.36. The number of anilines is 1. The summed E-state index contributed by atoms with van der Waals surface area (Å²) >= 11 is 1.41. The molecule has 1 N–H and O–H groups in total. The molecule has 2 aromatic carbocycles. The average molecular weight is 515 g/mol. The van der Waals surface area contributed by atoms with E-state index in [0.29, 0.717) is 34.6 Å². The topological polar surface area (TPSA) is 95.6 Å². The van der Waals surface area contributed by atoms with Gasteiger partial charge in [-0.15, -0.1) is 0 Å². The standard InChI is InChI=1S/C28H26N4O4S/c1-31(2)28(35)26-25(27(34)22-17-37-32(24(22)15-33)19-9-6-12-29-14-19)21-11-10-20(13-23(21)30-26)36-16-18-7-4-3-5-8-18/h3-15,22,24,30H,16-17H2,1-2H3. The zero-order valence-electron chi connectivity index (χ0n) is 20.5. The second-order valence-corrected chi connectivity index (χ2v) is 9.97. The van der Waals surface area contributed by atoms with Crippen LogP contribution in [-0.4, -0.2) is 58.7 Å². The SMILES string of the molecule is CN(C)C(=O)c1[nH]c2cc(OCc3ccccc3)ccc2c1C(=O)C1CSN(c2cccnc2)C1C=O. The van der Waals surface area contributed by atoms with Crippen LogP contribution in [0.15, 0.2) is 73.1 Å². The fourth-order valence-electron chi connectivity index (χ4n) is 4.45. The number of hydrogen-bond donors (Lipinski definition) is 1. The van der Waals surface area contributed by atoms with Gasteiger partial charge in [0.2, 0.25) is 0 Å². The predicted octanol–water partition coefficient (Wildman–Crippen LogP) is 4.38. The number of Topliss-reactive ketones (excluding diaryl/α,β-unsaturated/α-hetero) is 1. The van der Waals surface area contributed by atoms with Gasteiger partial charge < -0.3 is 23.7 Å². The molecule has 4 aromatic rings. The lowest BCUT2D eigenvalue weighted by atomic mass is 9.91. The zero-order chi connectivity index (χ0) is 25.9. The van der Waals surface area contributed by atoms with E-state index in [1.54, 1.807) is 50.8 Å². The molecule has 1 aliphatic rings. The number of rotatable bonds is 8. The van der Waals surface area contributed by atoms with Crippen LogP contribution >= 0.6 is 11.9 Å². The van der Waals surface area contributed by atoms with Gasteiger partial charge in [0.1, 0.15) is 30.4 Å². The van der Waals surface area contributed by atoms with Gasteiger partial charge in [0.25, 0.3) is 5.91 Å². The number of nitrogens with one attached hydrogen (secondary N) is 1. The number of benzene rings is 2. The van der Waals surface area contributed by atoms with Crippen molar-refractivity contribution in [2.24, 2.45) is 5.92 Å². The summed E-state index contributed by atoms with van der Waals surface area (Å²) in [6.45, 7) is 0.396. The molecule has 188 valence electrons. The fraction of sp³-hybridized carbons (Fsp3) is 0.214. The first-order valence-corrected chi connectivity index (χ1v) is 12.8. The summed E-state index contributed by atoms with van der Waals surface area (Å²) in [6.07, 6.45) is 4.12. The maximum Gasteiger partial charge on any atom is 0.270 e. The molecular formula is C28H26N4O4S. The van der Waals surface area contributed by atoms with Crippen molar-refractivity contribution >= 4 is 46.5 Å². The van der Waals surface area contributed by atoms with Gasteiger partial charge in [0.15, 0.2) is 5.78 Å². The van der Waals surface area contributed by atoms with Crippen molar-refractivity contribution in [2.75, 3.05) is 24.2 Å². The molecule has 1 amide bonds. The minimum atomic E-state index is -0.678. The molecular weight excluding hydrogens is 488 g/mol. The highest BCUT2D eigenvalue weighted by atomic mass is 32.2. The molecule has 0 saturated carbocycles. The van der Waals surface area contributed by atoms with Gasteiger partial charge >= 0.3 is 0 Å². The molecule has 2 aromatic heterocycles. The van der Waals surface area contributed by atoms with Crippen molar-refractivity contribution in [1.29, 1.82) is 0 Å². The van der Waals surface area contributed by atoms with E-state index in [-0.39, 0.29) is 17.4 Å². The molecule has 0 radical (unpaired) electrons. The number of aromatic nitrogens is 2. The minimum absolute atomic E-state index is 0.208. The van der Waals surface area contributed by atoms with Gasteiger partial charge in [0.05, 0.1) is 28.9 Å². The van der Waals surface area contributed by atoms with E-state index in [9.17, 15) is 14.4 Å². The number of pyridine rings is 1. The summed E-state index contributed by atoms with van der Waals surface area (Å²) in [5, 5.41) is 0.622. The van der Waals surface area contributed by atoms with Gasteiger partial charge in [-0.1, -0.05) is 30.3 Å². The molecule has 0 bridgehead atoms. The normalized spacial score (nSPS) is 17.1.